The Morgan fingerprint density at radius 2 is 1.77 bits per heavy atom. The molecule has 39 heavy (non-hydrogen) atoms. The number of likely N-dealkylation sites (tertiary alicyclic amines) is 1. The van der Waals surface area contributed by atoms with Crippen LogP contribution in [0.15, 0.2) is 12.4 Å². The smallest absolute Gasteiger partial charge is 0.463 e. The van der Waals surface area contributed by atoms with Crippen molar-refractivity contribution < 1.29 is 28.4 Å². The normalized spacial score (nSPS) is 21.5. The van der Waals surface area contributed by atoms with Crippen molar-refractivity contribution in [2.45, 2.75) is 111 Å². The summed E-state index contributed by atoms with van der Waals surface area (Å²) in [6.07, 6.45) is 6.58. The topological polar surface area (TPSA) is 112 Å². The van der Waals surface area contributed by atoms with Crippen LogP contribution >= 0.6 is 0 Å². The first kappa shape index (κ1) is 31.1. The summed E-state index contributed by atoms with van der Waals surface area (Å²) in [5.74, 6) is 0.287. The fourth-order valence-corrected chi connectivity index (χ4v) is 4.68. The number of carbonyl (C=O) groups excluding carboxylic acids is 2. The van der Waals surface area contributed by atoms with Gasteiger partial charge in [-0.3, -0.25) is 4.79 Å². The standard InChI is InChI=1S/C28H47BN4O6/c1-19(2)22(32-25(35)37-26(3,4)5)23(34)33-14-10-12-20(18-33)13-11-15-36-24-30-16-21(17-31-24)29-38-27(6,7)28(8,9)39-29/h16-17,19-20,22H,10-15,18H2,1-9H3,(H,32,35). The molecule has 0 spiro atoms. The summed E-state index contributed by atoms with van der Waals surface area (Å²) in [5, 5.41) is 2.78. The van der Waals surface area contributed by atoms with Gasteiger partial charge in [0.15, 0.2) is 0 Å². The minimum absolute atomic E-state index is 0.0463. The van der Waals surface area contributed by atoms with Crippen LogP contribution < -0.4 is 15.5 Å². The number of aromatic nitrogens is 2. The molecule has 2 atom stereocenters. The second-order valence-electron chi connectivity index (χ2n) is 13.0. The van der Waals surface area contributed by atoms with Crippen molar-refractivity contribution in [3.05, 3.63) is 12.4 Å². The molecule has 2 aliphatic heterocycles. The predicted molar refractivity (Wildman–Crippen MR) is 150 cm³/mol. The molecule has 2 unspecified atom stereocenters. The van der Waals surface area contributed by atoms with Crippen LogP contribution in [0.2, 0.25) is 0 Å². The summed E-state index contributed by atoms with van der Waals surface area (Å²) in [6.45, 7) is 19.2. The van der Waals surface area contributed by atoms with Crippen LogP contribution in [0, 0.1) is 11.8 Å². The van der Waals surface area contributed by atoms with E-state index in [-0.39, 0.29) is 11.8 Å². The lowest BCUT2D eigenvalue weighted by molar-refractivity contribution is -0.136. The Bertz CT molecular complexity index is 963. The van der Waals surface area contributed by atoms with Crippen molar-refractivity contribution in [2.75, 3.05) is 19.7 Å². The molecule has 0 saturated carbocycles. The highest BCUT2D eigenvalue weighted by Gasteiger charge is 2.52. The van der Waals surface area contributed by atoms with Crippen molar-refractivity contribution >= 4 is 24.6 Å². The average molecular weight is 547 g/mol. The highest BCUT2D eigenvalue weighted by atomic mass is 16.7. The van der Waals surface area contributed by atoms with Crippen LogP contribution in [0.5, 0.6) is 6.01 Å². The predicted octanol–water partition coefficient (Wildman–Crippen LogP) is 3.72. The molecular weight excluding hydrogens is 499 g/mol. The Morgan fingerprint density at radius 3 is 2.33 bits per heavy atom. The van der Waals surface area contributed by atoms with Crippen molar-refractivity contribution in [1.82, 2.24) is 20.2 Å². The van der Waals surface area contributed by atoms with Gasteiger partial charge in [-0.1, -0.05) is 13.8 Å². The molecule has 1 N–H and O–H groups in total. The van der Waals surface area contributed by atoms with Gasteiger partial charge in [-0.15, -0.1) is 0 Å². The lowest BCUT2D eigenvalue weighted by atomic mass is 9.81. The Hall–Kier alpha value is -2.40. The molecule has 218 valence electrons. The molecule has 11 heteroatoms. The van der Waals surface area contributed by atoms with Gasteiger partial charge in [-0.2, -0.15) is 0 Å². The number of carbonyl (C=O) groups is 2. The quantitative estimate of drug-likeness (QED) is 0.369. The maximum atomic E-state index is 13.3. The first-order valence-corrected chi connectivity index (χ1v) is 14.2. The largest absolute Gasteiger partial charge is 0.498 e. The maximum absolute atomic E-state index is 13.3. The number of alkyl carbamates (subject to hydrolysis) is 1. The zero-order chi connectivity index (χ0) is 29.0. The lowest BCUT2D eigenvalue weighted by Gasteiger charge is -2.36. The van der Waals surface area contributed by atoms with E-state index in [0.717, 1.165) is 31.1 Å². The molecular formula is C28H47BN4O6. The van der Waals surface area contributed by atoms with Crippen molar-refractivity contribution in [1.29, 1.82) is 0 Å². The van der Waals surface area contributed by atoms with E-state index in [1.165, 1.54) is 0 Å². The average Bonchev–Trinajstić information content (AvgIpc) is 3.06. The van der Waals surface area contributed by atoms with Crippen molar-refractivity contribution in [3.8, 4) is 6.01 Å². The Labute approximate surface area is 234 Å². The minimum atomic E-state index is -0.618. The summed E-state index contributed by atoms with van der Waals surface area (Å²) in [5.41, 5.74) is -0.700. The molecule has 0 aromatic carbocycles. The van der Waals surface area contributed by atoms with Gasteiger partial charge < -0.3 is 29.0 Å². The summed E-state index contributed by atoms with van der Waals surface area (Å²) < 4.78 is 23.2. The van der Waals surface area contributed by atoms with E-state index in [1.54, 1.807) is 33.2 Å². The second-order valence-corrected chi connectivity index (χ2v) is 13.0. The van der Waals surface area contributed by atoms with Gasteiger partial charge in [0.2, 0.25) is 5.91 Å². The monoisotopic (exact) mass is 546 g/mol. The first-order chi connectivity index (χ1) is 18.1. The fraction of sp³-hybridized carbons (Fsp3) is 0.786. The van der Waals surface area contributed by atoms with E-state index in [1.807, 2.05) is 46.4 Å². The summed E-state index contributed by atoms with van der Waals surface area (Å²) in [4.78, 5) is 36.1. The molecule has 1 aromatic rings. The Morgan fingerprint density at radius 1 is 1.15 bits per heavy atom. The van der Waals surface area contributed by atoms with Gasteiger partial charge in [0.05, 0.1) is 17.8 Å². The fourth-order valence-electron chi connectivity index (χ4n) is 4.68. The second kappa shape index (κ2) is 12.4. The first-order valence-electron chi connectivity index (χ1n) is 14.2. The van der Waals surface area contributed by atoms with Crippen LogP contribution in [0.1, 0.15) is 88.0 Å². The summed E-state index contributed by atoms with van der Waals surface area (Å²) in [6, 6.07) is -0.289. The number of nitrogens with one attached hydrogen (secondary N) is 1. The van der Waals surface area contributed by atoms with Crippen molar-refractivity contribution in [2.24, 2.45) is 11.8 Å². The van der Waals surface area contributed by atoms with Gasteiger partial charge in [0.1, 0.15) is 11.6 Å². The zero-order valence-corrected chi connectivity index (χ0v) is 25.2. The van der Waals surface area contributed by atoms with Gasteiger partial charge in [0, 0.05) is 30.9 Å². The van der Waals surface area contributed by atoms with Gasteiger partial charge in [-0.05, 0) is 86.0 Å². The van der Waals surface area contributed by atoms with E-state index in [4.69, 9.17) is 18.8 Å². The molecule has 2 aliphatic rings. The molecule has 2 saturated heterocycles. The third-order valence-electron chi connectivity index (χ3n) is 7.60. The molecule has 1 aromatic heterocycles. The number of nitrogens with zero attached hydrogens (tertiary/aromatic N) is 3. The lowest BCUT2D eigenvalue weighted by Crippen LogP contribution is -2.54. The summed E-state index contributed by atoms with van der Waals surface area (Å²) in [7, 11) is -0.504. The van der Waals surface area contributed by atoms with Crippen LogP contribution in [0.25, 0.3) is 0 Å². The molecule has 2 amide bonds. The van der Waals surface area contributed by atoms with Gasteiger partial charge in [0.25, 0.3) is 0 Å². The number of piperidine rings is 1. The zero-order valence-electron chi connectivity index (χ0n) is 25.2. The SMILES string of the molecule is CC(C)C(NC(=O)OC(C)(C)C)C(=O)N1CCCC(CCCOc2ncc(B3OC(C)(C)C(C)(C)O3)cn2)C1. The third-order valence-corrected chi connectivity index (χ3v) is 7.60. The summed E-state index contributed by atoms with van der Waals surface area (Å²) >= 11 is 0. The number of hydrogen-bond donors (Lipinski definition) is 1. The van der Waals surface area contributed by atoms with E-state index in [9.17, 15) is 9.59 Å². The molecule has 0 aliphatic carbocycles. The highest BCUT2D eigenvalue weighted by molar-refractivity contribution is 6.61. The van der Waals surface area contributed by atoms with E-state index in [0.29, 0.717) is 31.6 Å². The van der Waals surface area contributed by atoms with Crippen LogP contribution in [-0.4, -0.2) is 76.5 Å². The van der Waals surface area contributed by atoms with Crippen LogP contribution in [0.4, 0.5) is 4.79 Å². The molecule has 0 radical (unpaired) electrons. The number of rotatable bonds is 9. The van der Waals surface area contributed by atoms with E-state index in [2.05, 4.69) is 15.3 Å². The minimum Gasteiger partial charge on any atom is -0.463 e. The van der Waals surface area contributed by atoms with E-state index >= 15 is 0 Å². The molecule has 0 bridgehead atoms. The van der Waals surface area contributed by atoms with Crippen molar-refractivity contribution in [3.63, 3.8) is 0 Å². The maximum Gasteiger partial charge on any atom is 0.498 e. The number of amides is 2. The number of ether oxygens (including phenoxy) is 2. The molecule has 2 fully saturated rings. The molecule has 10 nitrogen and oxygen atoms in total. The van der Waals surface area contributed by atoms with Crippen LogP contribution in [-0.2, 0) is 18.8 Å². The van der Waals surface area contributed by atoms with Gasteiger partial charge >= 0.3 is 19.2 Å². The molecule has 3 rings (SSSR count). The highest BCUT2D eigenvalue weighted by Crippen LogP contribution is 2.36. The van der Waals surface area contributed by atoms with Gasteiger partial charge in [-0.25, -0.2) is 14.8 Å². The third kappa shape index (κ3) is 8.54. The Kier molecular flexibility index (Phi) is 9.91. The number of hydrogen-bond acceptors (Lipinski definition) is 8. The van der Waals surface area contributed by atoms with Crippen LogP contribution in [0.3, 0.4) is 0 Å². The van der Waals surface area contributed by atoms with E-state index < -0.39 is 36.1 Å². The molecule has 3 heterocycles. The Balaban J connectivity index is 1.44.